The zero-order valence-corrected chi connectivity index (χ0v) is 9.24. The van der Waals surface area contributed by atoms with Crippen molar-refractivity contribution in [2.45, 2.75) is 18.9 Å². The minimum absolute atomic E-state index is 0.0131. The van der Waals surface area contributed by atoms with Crippen LogP contribution in [0.4, 0.5) is 0 Å². The highest BCUT2D eigenvalue weighted by atomic mass is 16.5. The van der Waals surface area contributed by atoms with Gasteiger partial charge in [-0.3, -0.25) is 4.79 Å². The molecule has 1 heterocycles. The van der Waals surface area contributed by atoms with Crippen molar-refractivity contribution >= 4 is 5.91 Å². The first-order valence-corrected chi connectivity index (χ1v) is 5.40. The molecule has 88 valence electrons. The van der Waals surface area contributed by atoms with Crippen molar-refractivity contribution in [2.75, 3.05) is 39.9 Å². The summed E-state index contributed by atoms with van der Waals surface area (Å²) in [4.78, 5) is 13.4. The second-order valence-electron chi connectivity index (χ2n) is 3.89. The predicted octanol–water partition coefficient (Wildman–Crippen LogP) is -0.794. The largest absolute Gasteiger partial charge is 0.396 e. The van der Waals surface area contributed by atoms with Crippen LogP contribution >= 0.6 is 0 Å². The molecule has 5 nitrogen and oxygen atoms in total. The molecule has 5 heteroatoms. The summed E-state index contributed by atoms with van der Waals surface area (Å²) in [5, 5.41) is 11.4. The smallest absolute Gasteiger partial charge is 0.220 e. The van der Waals surface area contributed by atoms with E-state index in [1.807, 2.05) is 7.05 Å². The van der Waals surface area contributed by atoms with Gasteiger partial charge in [-0.1, -0.05) is 0 Å². The summed E-state index contributed by atoms with van der Waals surface area (Å²) >= 11 is 0. The monoisotopic (exact) mass is 216 g/mol. The lowest BCUT2D eigenvalue weighted by atomic mass is 10.2. The Morgan fingerprint density at radius 1 is 1.67 bits per heavy atom. The highest BCUT2D eigenvalue weighted by Crippen LogP contribution is 2.01. The van der Waals surface area contributed by atoms with Gasteiger partial charge in [0.05, 0.1) is 12.7 Å². The Bertz CT molecular complexity index is 199. The predicted molar refractivity (Wildman–Crippen MR) is 56.6 cm³/mol. The first kappa shape index (κ1) is 12.4. The van der Waals surface area contributed by atoms with E-state index >= 15 is 0 Å². The summed E-state index contributed by atoms with van der Waals surface area (Å²) in [6, 6.07) is 0. The fraction of sp³-hybridized carbons (Fsp3) is 0.900. The van der Waals surface area contributed by atoms with Crippen LogP contribution < -0.4 is 5.32 Å². The van der Waals surface area contributed by atoms with Gasteiger partial charge in [-0.05, 0) is 13.5 Å². The van der Waals surface area contributed by atoms with Crippen LogP contribution in [-0.4, -0.2) is 61.9 Å². The molecule has 0 spiro atoms. The molecule has 0 aromatic heterocycles. The van der Waals surface area contributed by atoms with Crippen LogP contribution in [0.25, 0.3) is 0 Å². The van der Waals surface area contributed by atoms with E-state index in [1.54, 1.807) is 0 Å². The molecule has 1 atom stereocenters. The van der Waals surface area contributed by atoms with Gasteiger partial charge in [0.25, 0.3) is 0 Å². The summed E-state index contributed by atoms with van der Waals surface area (Å²) < 4.78 is 5.50. The Labute approximate surface area is 90.4 Å². The van der Waals surface area contributed by atoms with Gasteiger partial charge in [0.2, 0.25) is 5.91 Å². The van der Waals surface area contributed by atoms with Gasteiger partial charge in [-0.2, -0.15) is 0 Å². The lowest BCUT2D eigenvalue weighted by Gasteiger charge is -2.30. The molecule has 2 N–H and O–H groups in total. The first-order chi connectivity index (χ1) is 7.22. The van der Waals surface area contributed by atoms with E-state index in [-0.39, 0.29) is 18.6 Å². The van der Waals surface area contributed by atoms with Crippen molar-refractivity contribution in [3.05, 3.63) is 0 Å². The fourth-order valence-corrected chi connectivity index (χ4v) is 1.55. The molecule has 1 aliphatic rings. The number of nitrogens with one attached hydrogen (secondary N) is 1. The summed E-state index contributed by atoms with van der Waals surface area (Å²) in [5.74, 6) is -0.0131. The molecule has 1 rings (SSSR count). The number of aliphatic hydroxyl groups excluding tert-OH is 1. The second kappa shape index (κ2) is 6.76. The molecule has 0 radical (unpaired) electrons. The van der Waals surface area contributed by atoms with Crippen LogP contribution in [0.3, 0.4) is 0 Å². The number of aliphatic hydroxyl groups is 1. The van der Waals surface area contributed by atoms with Crippen LogP contribution in [0.5, 0.6) is 0 Å². The Balaban J connectivity index is 2.10. The molecule has 1 aliphatic heterocycles. The molecule has 1 saturated heterocycles. The summed E-state index contributed by atoms with van der Waals surface area (Å²) in [5.41, 5.74) is 0. The number of morpholine rings is 1. The van der Waals surface area contributed by atoms with E-state index in [2.05, 4.69) is 10.2 Å². The van der Waals surface area contributed by atoms with Crippen molar-refractivity contribution in [2.24, 2.45) is 0 Å². The summed E-state index contributed by atoms with van der Waals surface area (Å²) in [6.07, 6.45) is 1.01. The average molecular weight is 216 g/mol. The van der Waals surface area contributed by atoms with E-state index in [0.29, 0.717) is 19.4 Å². The zero-order chi connectivity index (χ0) is 11.1. The molecule has 0 aromatic rings. The maximum absolute atomic E-state index is 11.2. The second-order valence-corrected chi connectivity index (χ2v) is 3.89. The number of carbonyl (C=O) groups excluding carboxylic acids is 1. The third-order valence-corrected chi connectivity index (χ3v) is 2.43. The van der Waals surface area contributed by atoms with Crippen LogP contribution in [0.2, 0.25) is 0 Å². The van der Waals surface area contributed by atoms with Gasteiger partial charge in [0.15, 0.2) is 0 Å². The lowest BCUT2D eigenvalue weighted by Crippen LogP contribution is -2.45. The normalized spacial score (nSPS) is 22.7. The highest BCUT2D eigenvalue weighted by Gasteiger charge is 2.17. The summed E-state index contributed by atoms with van der Waals surface area (Å²) in [6.45, 7) is 3.17. The number of nitrogens with zero attached hydrogens (tertiary/aromatic N) is 1. The molecule has 1 fully saturated rings. The average Bonchev–Trinajstić information content (AvgIpc) is 2.23. The van der Waals surface area contributed by atoms with E-state index in [0.717, 1.165) is 19.7 Å². The SMILES string of the molecule is CN1CCOC(CNC(=O)CCCO)C1. The van der Waals surface area contributed by atoms with Crippen molar-refractivity contribution < 1.29 is 14.6 Å². The van der Waals surface area contributed by atoms with Crippen LogP contribution in [-0.2, 0) is 9.53 Å². The Morgan fingerprint density at radius 3 is 3.13 bits per heavy atom. The Kier molecular flexibility index (Phi) is 5.60. The Hall–Kier alpha value is -0.650. The molecule has 1 unspecified atom stereocenters. The van der Waals surface area contributed by atoms with Crippen molar-refractivity contribution in [1.82, 2.24) is 10.2 Å². The van der Waals surface area contributed by atoms with Crippen LogP contribution in [0.1, 0.15) is 12.8 Å². The van der Waals surface area contributed by atoms with E-state index < -0.39 is 0 Å². The van der Waals surface area contributed by atoms with Crippen LogP contribution in [0, 0.1) is 0 Å². The molecule has 15 heavy (non-hydrogen) atoms. The summed E-state index contributed by atoms with van der Waals surface area (Å²) in [7, 11) is 2.04. The number of hydrogen-bond acceptors (Lipinski definition) is 4. The Morgan fingerprint density at radius 2 is 2.47 bits per heavy atom. The molecule has 1 amide bonds. The molecule has 0 saturated carbocycles. The third kappa shape index (κ3) is 5.11. The number of carbonyl (C=O) groups is 1. The standard InChI is InChI=1S/C10H20N2O3/c1-12-4-6-15-9(8-12)7-11-10(14)3-2-5-13/h9,13H,2-8H2,1H3,(H,11,14). The molecule has 0 bridgehead atoms. The minimum Gasteiger partial charge on any atom is -0.396 e. The molecule has 0 aliphatic carbocycles. The minimum atomic E-state index is -0.0131. The fourth-order valence-electron chi connectivity index (χ4n) is 1.55. The highest BCUT2D eigenvalue weighted by molar-refractivity contribution is 5.75. The molecule has 0 aromatic carbocycles. The van der Waals surface area contributed by atoms with Crippen molar-refractivity contribution in [3.8, 4) is 0 Å². The maximum Gasteiger partial charge on any atom is 0.220 e. The molecular formula is C10H20N2O3. The van der Waals surface area contributed by atoms with Gasteiger partial charge in [-0.25, -0.2) is 0 Å². The van der Waals surface area contributed by atoms with Crippen molar-refractivity contribution in [3.63, 3.8) is 0 Å². The van der Waals surface area contributed by atoms with Gasteiger partial charge in [-0.15, -0.1) is 0 Å². The van der Waals surface area contributed by atoms with E-state index in [9.17, 15) is 4.79 Å². The van der Waals surface area contributed by atoms with Crippen molar-refractivity contribution in [1.29, 1.82) is 0 Å². The van der Waals surface area contributed by atoms with E-state index in [1.165, 1.54) is 0 Å². The van der Waals surface area contributed by atoms with Gasteiger partial charge >= 0.3 is 0 Å². The van der Waals surface area contributed by atoms with Gasteiger partial charge in [0, 0.05) is 32.7 Å². The molecular weight excluding hydrogens is 196 g/mol. The van der Waals surface area contributed by atoms with Gasteiger partial charge < -0.3 is 20.1 Å². The van der Waals surface area contributed by atoms with Crippen LogP contribution in [0.15, 0.2) is 0 Å². The topological polar surface area (TPSA) is 61.8 Å². The third-order valence-electron chi connectivity index (χ3n) is 2.43. The zero-order valence-electron chi connectivity index (χ0n) is 9.24. The quantitative estimate of drug-likeness (QED) is 0.632. The number of amides is 1. The van der Waals surface area contributed by atoms with Gasteiger partial charge in [0.1, 0.15) is 0 Å². The number of likely N-dealkylation sites (N-methyl/N-ethyl adjacent to an activating group) is 1. The van der Waals surface area contributed by atoms with E-state index in [4.69, 9.17) is 9.84 Å². The maximum atomic E-state index is 11.2. The lowest BCUT2D eigenvalue weighted by molar-refractivity contribution is -0.122. The number of rotatable bonds is 5. The number of hydrogen-bond donors (Lipinski definition) is 2. The first-order valence-electron chi connectivity index (χ1n) is 5.40. The number of ether oxygens (including phenoxy) is 1.